The molecule has 1 aliphatic rings. The van der Waals surface area contributed by atoms with E-state index < -0.39 is 0 Å². The molecule has 0 bridgehead atoms. The molecule has 0 radical (unpaired) electrons. The van der Waals surface area contributed by atoms with Crippen LogP contribution in [0, 0.1) is 5.92 Å². The third kappa shape index (κ3) is 4.33. The number of rotatable bonds is 3. The summed E-state index contributed by atoms with van der Waals surface area (Å²) < 4.78 is 0. The molecular formula is C12H26N2S. The molecule has 3 heteroatoms. The second-order valence-corrected chi connectivity index (χ2v) is 6.11. The summed E-state index contributed by atoms with van der Waals surface area (Å²) in [6, 6.07) is 0. The summed E-state index contributed by atoms with van der Waals surface area (Å²) in [5.41, 5.74) is 0.335. The molecule has 90 valence electrons. The number of thiol groups is 1. The molecule has 1 saturated heterocycles. The van der Waals surface area contributed by atoms with Gasteiger partial charge in [-0.25, -0.2) is 0 Å². The molecule has 1 atom stereocenters. The van der Waals surface area contributed by atoms with Crippen molar-refractivity contribution in [2.75, 3.05) is 38.5 Å². The lowest BCUT2D eigenvalue weighted by molar-refractivity contribution is 0.0578. The highest BCUT2D eigenvalue weighted by atomic mass is 32.1. The molecule has 15 heavy (non-hydrogen) atoms. The molecule has 1 heterocycles. The van der Waals surface area contributed by atoms with Gasteiger partial charge in [0.05, 0.1) is 0 Å². The molecule has 2 nitrogen and oxygen atoms in total. The Morgan fingerprint density at radius 3 is 2.07 bits per heavy atom. The molecule has 0 aliphatic carbocycles. The number of nitrogens with zero attached hydrogens (tertiary/aromatic N) is 2. The number of hydrogen-bond donors (Lipinski definition) is 1. The van der Waals surface area contributed by atoms with E-state index in [1.807, 2.05) is 0 Å². The van der Waals surface area contributed by atoms with E-state index in [1.54, 1.807) is 0 Å². The van der Waals surface area contributed by atoms with Crippen LogP contribution in [0.15, 0.2) is 0 Å². The molecular weight excluding hydrogens is 204 g/mol. The Hall–Kier alpha value is 0.270. The van der Waals surface area contributed by atoms with Crippen molar-refractivity contribution >= 4 is 12.6 Å². The summed E-state index contributed by atoms with van der Waals surface area (Å²) in [5, 5.41) is 0. The average molecular weight is 230 g/mol. The fourth-order valence-corrected chi connectivity index (χ4v) is 2.22. The Morgan fingerprint density at radius 1 is 1.13 bits per heavy atom. The van der Waals surface area contributed by atoms with Gasteiger partial charge in [0.25, 0.3) is 0 Å². The third-order valence-corrected chi connectivity index (χ3v) is 3.83. The first-order valence-corrected chi connectivity index (χ1v) is 6.65. The van der Waals surface area contributed by atoms with Crippen molar-refractivity contribution in [1.29, 1.82) is 0 Å². The highest BCUT2D eigenvalue weighted by molar-refractivity contribution is 7.80. The van der Waals surface area contributed by atoms with Crippen LogP contribution in [-0.4, -0.2) is 53.8 Å². The SMILES string of the molecule is CC(CS)CN1CCN(C(C)(C)C)CC1. The van der Waals surface area contributed by atoms with Crippen LogP contribution < -0.4 is 0 Å². The van der Waals surface area contributed by atoms with Crippen LogP contribution in [-0.2, 0) is 0 Å². The average Bonchev–Trinajstić information content (AvgIpc) is 2.17. The fourth-order valence-electron chi connectivity index (χ4n) is 2.10. The second-order valence-electron chi connectivity index (χ2n) is 5.75. The van der Waals surface area contributed by atoms with Crippen molar-refractivity contribution in [3.05, 3.63) is 0 Å². The zero-order valence-corrected chi connectivity index (χ0v) is 11.6. The van der Waals surface area contributed by atoms with Crippen LogP contribution in [0.4, 0.5) is 0 Å². The molecule has 0 aromatic carbocycles. The summed E-state index contributed by atoms with van der Waals surface area (Å²) in [7, 11) is 0. The van der Waals surface area contributed by atoms with Gasteiger partial charge in [-0.15, -0.1) is 0 Å². The van der Waals surface area contributed by atoms with Gasteiger partial charge in [-0.2, -0.15) is 12.6 Å². The highest BCUT2D eigenvalue weighted by Gasteiger charge is 2.25. The van der Waals surface area contributed by atoms with Crippen molar-refractivity contribution in [3.8, 4) is 0 Å². The summed E-state index contributed by atoms with van der Waals surface area (Å²) >= 11 is 4.34. The maximum atomic E-state index is 4.34. The lowest BCUT2D eigenvalue weighted by Gasteiger charge is -2.42. The lowest BCUT2D eigenvalue weighted by atomic mass is 10.0. The molecule has 0 amide bonds. The molecule has 0 saturated carbocycles. The van der Waals surface area contributed by atoms with E-state index in [2.05, 4.69) is 50.1 Å². The normalized spacial score (nSPS) is 23.0. The van der Waals surface area contributed by atoms with Crippen molar-refractivity contribution in [3.63, 3.8) is 0 Å². The smallest absolute Gasteiger partial charge is 0.0126 e. The zero-order valence-electron chi connectivity index (χ0n) is 10.7. The van der Waals surface area contributed by atoms with Crippen molar-refractivity contribution in [1.82, 2.24) is 9.80 Å². The number of hydrogen-bond acceptors (Lipinski definition) is 3. The maximum absolute atomic E-state index is 4.34. The zero-order chi connectivity index (χ0) is 11.5. The summed E-state index contributed by atoms with van der Waals surface area (Å²) in [6.45, 7) is 15.3. The third-order valence-electron chi connectivity index (χ3n) is 3.20. The highest BCUT2D eigenvalue weighted by Crippen LogP contribution is 2.16. The monoisotopic (exact) mass is 230 g/mol. The molecule has 1 aliphatic heterocycles. The van der Waals surface area contributed by atoms with E-state index >= 15 is 0 Å². The minimum Gasteiger partial charge on any atom is -0.300 e. The summed E-state index contributed by atoms with van der Waals surface area (Å²) in [5.74, 6) is 1.72. The lowest BCUT2D eigenvalue weighted by Crippen LogP contribution is -2.54. The minimum atomic E-state index is 0.335. The largest absolute Gasteiger partial charge is 0.300 e. The quantitative estimate of drug-likeness (QED) is 0.741. The summed E-state index contributed by atoms with van der Waals surface area (Å²) in [6.07, 6.45) is 0. The molecule has 0 aromatic rings. The topological polar surface area (TPSA) is 6.48 Å². The van der Waals surface area contributed by atoms with Gasteiger partial charge >= 0.3 is 0 Å². The first-order chi connectivity index (χ1) is 6.93. The van der Waals surface area contributed by atoms with Gasteiger partial charge in [0, 0.05) is 38.3 Å². The second kappa shape index (κ2) is 5.55. The van der Waals surface area contributed by atoms with E-state index in [-0.39, 0.29) is 0 Å². The number of piperazine rings is 1. The Labute approximate surface area is 100 Å². The van der Waals surface area contributed by atoms with E-state index in [9.17, 15) is 0 Å². The standard InChI is InChI=1S/C12H26N2S/c1-11(10-15)9-13-5-7-14(8-6-13)12(2,3)4/h11,15H,5-10H2,1-4H3. The minimum absolute atomic E-state index is 0.335. The Bertz CT molecular complexity index is 181. The first kappa shape index (κ1) is 13.3. The van der Waals surface area contributed by atoms with Gasteiger partial charge in [-0.3, -0.25) is 4.90 Å². The van der Waals surface area contributed by atoms with Gasteiger partial charge in [-0.1, -0.05) is 6.92 Å². The van der Waals surface area contributed by atoms with Gasteiger partial charge in [-0.05, 0) is 32.4 Å². The van der Waals surface area contributed by atoms with Crippen LogP contribution in [0.25, 0.3) is 0 Å². The van der Waals surface area contributed by atoms with Gasteiger partial charge in [0.1, 0.15) is 0 Å². The molecule has 0 aromatic heterocycles. The van der Waals surface area contributed by atoms with Crippen LogP contribution in [0.3, 0.4) is 0 Å². The molecule has 1 rings (SSSR count). The van der Waals surface area contributed by atoms with E-state index in [1.165, 1.54) is 32.7 Å². The van der Waals surface area contributed by atoms with Gasteiger partial charge < -0.3 is 4.90 Å². The molecule has 1 unspecified atom stereocenters. The maximum Gasteiger partial charge on any atom is 0.0126 e. The fraction of sp³-hybridized carbons (Fsp3) is 1.00. The summed E-state index contributed by atoms with van der Waals surface area (Å²) in [4.78, 5) is 5.15. The van der Waals surface area contributed by atoms with Crippen LogP contribution >= 0.6 is 12.6 Å². The Morgan fingerprint density at radius 2 is 1.67 bits per heavy atom. The Kier molecular flexibility index (Phi) is 4.94. The van der Waals surface area contributed by atoms with E-state index in [0.29, 0.717) is 5.54 Å². The van der Waals surface area contributed by atoms with E-state index in [4.69, 9.17) is 0 Å². The van der Waals surface area contributed by atoms with Crippen LogP contribution in [0.2, 0.25) is 0 Å². The van der Waals surface area contributed by atoms with Crippen molar-refractivity contribution in [2.45, 2.75) is 33.2 Å². The predicted octanol–water partition coefficient (Wildman–Crippen LogP) is 1.97. The first-order valence-electron chi connectivity index (χ1n) is 6.01. The predicted molar refractivity (Wildman–Crippen MR) is 70.8 cm³/mol. The van der Waals surface area contributed by atoms with Crippen LogP contribution in [0.1, 0.15) is 27.7 Å². The molecule has 0 spiro atoms. The van der Waals surface area contributed by atoms with E-state index in [0.717, 1.165) is 11.7 Å². The molecule has 0 N–H and O–H groups in total. The Balaban J connectivity index is 2.30. The molecule has 1 fully saturated rings. The van der Waals surface area contributed by atoms with Crippen molar-refractivity contribution in [2.24, 2.45) is 5.92 Å². The van der Waals surface area contributed by atoms with Gasteiger partial charge in [0.2, 0.25) is 0 Å². The van der Waals surface area contributed by atoms with Crippen molar-refractivity contribution < 1.29 is 0 Å². The van der Waals surface area contributed by atoms with Gasteiger partial charge in [0.15, 0.2) is 0 Å². The van der Waals surface area contributed by atoms with Crippen LogP contribution in [0.5, 0.6) is 0 Å².